The summed E-state index contributed by atoms with van der Waals surface area (Å²) in [6.45, 7) is 1.16. The molecule has 2 N–H and O–H groups in total. The molecule has 1 aromatic carbocycles. The molecule has 5 nitrogen and oxygen atoms in total. The summed E-state index contributed by atoms with van der Waals surface area (Å²) in [5.41, 5.74) is 0.210. The van der Waals surface area contributed by atoms with Gasteiger partial charge in [-0.1, -0.05) is 23.2 Å². The van der Waals surface area contributed by atoms with E-state index >= 15 is 0 Å². The highest BCUT2D eigenvalue weighted by Crippen LogP contribution is 2.31. The minimum absolute atomic E-state index is 0.0441. The van der Waals surface area contributed by atoms with Crippen LogP contribution in [0.1, 0.15) is 18.4 Å². The molecule has 1 atom stereocenters. The van der Waals surface area contributed by atoms with E-state index in [1.807, 2.05) is 0 Å². The van der Waals surface area contributed by atoms with Gasteiger partial charge in [0.2, 0.25) is 10.0 Å². The van der Waals surface area contributed by atoms with E-state index in [1.54, 1.807) is 0 Å². The minimum Gasteiger partial charge on any atom is -0.392 e. The molecular weight excluding hydrogens is 337 g/mol. The van der Waals surface area contributed by atoms with Gasteiger partial charge >= 0.3 is 0 Å². The Morgan fingerprint density at radius 3 is 2.76 bits per heavy atom. The van der Waals surface area contributed by atoms with Crippen LogP contribution in [0.25, 0.3) is 0 Å². The van der Waals surface area contributed by atoms with Gasteiger partial charge in [-0.2, -0.15) is 0 Å². The maximum atomic E-state index is 12.3. The van der Waals surface area contributed by atoms with Crippen molar-refractivity contribution in [1.29, 1.82) is 0 Å². The average molecular weight is 354 g/mol. The second-order valence-electron chi connectivity index (χ2n) is 4.93. The summed E-state index contributed by atoms with van der Waals surface area (Å²) in [7, 11) is -3.75. The van der Waals surface area contributed by atoms with E-state index in [-0.39, 0.29) is 26.4 Å². The average Bonchev–Trinajstić information content (AvgIpc) is 2.46. The number of aliphatic hydroxyl groups excluding tert-OH is 1. The Labute approximate surface area is 134 Å². The number of hydrogen-bond acceptors (Lipinski definition) is 4. The summed E-state index contributed by atoms with van der Waals surface area (Å²) in [5.74, 6) is 0.164. The Balaban J connectivity index is 2.15. The van der Waals surface area contributed by atoms with E-state index < -0.39 is 16.6 Å². The fourth-order valence-electron chi connectivity index (χ4n) is 2.20. The van der Waals surface area contributed by atoms with Gasteiger partial charge in [0.1, 0.15) is 4.90 Å². The number of rotatable bonds is 5. The molecule has 8 heteroatoms. The Morgan fingerprint density at radius 1 is 1.38 bits per heavy atom. The Morgan fingerprint density at radius 2 is 2.14 bits per heavy atom. The summed E-state index contributed by atoms with van der Waals surface area (Å²) >= 11 is 11.9. The van der Waals surface area contributed by atoms with Crippen LogP contribution in [0.15, 0.2) is 17.0 Å². The first-order valence-electron chi connectivity index (χ1n) is 6.61. The lowest BCUT2D eigenvalue weighted by atomic mass is 10.0. The fraction of sp³-hybridized carbons (Fsp3) is 0.538. The van der Waals surface area contributed by atoms with Crippen molar-refractivity contribution >= 4 is 33.2 Å². The van der Waals surface area contributed by atoms with Crippen molar-refractivity contribution in [3.63, 3.8) is 0 Å². The largest absolute Gasteiger partial charge is 0.392 e. The van der Waals surface area contributed by atoms with Crippen LogP contribution in [0.5, 0.6) is 0 Å². The van der Waals surface area contributed by atoms with Crippen molar-refractivity contribution in [2.24, 2.45) is 5.92 Å². The van der Waals surface area contributed by atoms with Gasteiger partial charge in [-0.15, -0.1) is 0 Å². The smallest absolute Gasteiger partial charge is 0.242 e. The lowest BCUT2D eigenvalue weighted by Gasteiger charge is -2.22. The molecule has 2 rings (SSSR count). The highest BCUT2D eigenvalue weighted by atomic mass is 35.5. The molecule has 1 fully saturated rings. The van der Waals surface area contributed by atoms with Crippen molar-refractivity contribution in [3.05, 3.63) is 27.7 Å². The van der Waals surface area contributed by atoms with Crippen LogP contribution in [-0.2, 0) is 21.4 Å². The van der Waals surface area contributed by atoms with Crippen LogP contribution >= 0.6 is 23.2 Å². The van der Waals surface area contributed by atoms with Gasteiger partial charge in [0, 0.05) is 23.7 Å². The normalized spacial score (nSPS) is 19.7. The predicted molar refractivity (Wildman–Crippen MR) is 81.1 cm³/mol. The minimum atomic E-state index is -3.75. The lowest BCUT2D eigenvalue weighted by molar-refractivity contribution is 0.0568. The molecule has 118 valence electrons. The summed E-state index contributed by atoms with van der Waals surface area (Å²) in [6, 6.07) is 2.75. The highest BCUT2D eigenvalue weighted by Gasteiger charge is 2.23. The molecule has 1 aliphatic heterocycles. The fourth-order valence-corrected chi connectivity index (χ4v) is 4.21. The molecule has 1 saturated heterocycles. The van der Waals surface area contributed by atoms with Crippen molar-refractivity contribution in [3.8, 4) is 0 Å². The molecule has 0 saturated carbocycles. The van der Waals surface area contributed by atoms with Crippen molar-refractivity contribution in [1.82, 2.24) is 4.72 Å². The van der Waals surface area contributed by atoms with E-state index in [1.165, 1.54) is 12.1 Å². The first-order valence-corrected chi connectivity index (χ1v) is 8.84. The molecule has 1 heterocycles. The van der Waals surface area contributed by atoms with Crippen molar-refractivity contribution < 1.29 is 18.3 Å². The molecule has 1 unspecified atom stereocenters. The maximum absolute atomic E-state index is 12.3. The third-order valence-electron chi connectivity index (χ3n) is 3.41. The topological polar surface area (TPSA) is 75.6 Å². The number of benzene rings is 1. The molecule has 21 heavy (non-hydrogen) atoms. The lowest BCUT2D eigenvalue weighted by Crippen LogP contribution is -2.33. The third-order valence-corrected chi connectivity index (χ3v) is 5.78. The SMILES string of the molecule is O=S(=O)(NCC1CCCOC1)c1ccc(Cl)c(CO)c1Cl. The Kier molecular flexibility index (Phi) is 5.88. The summed E-state index contributed by atoms with van der Waals surface area (Å²) in [5, 5.41) is 9.42. The monoisotopic (exact) mass is 353 g/mol. The van der Waals surface area contributed by atoms with Crippen LogP contribution in [0, 0.1) is 5.92 Å². The molecular formula is C13H17Cl2NO4S. The standard InChI is InChI=1S/C13H17Cl2NO4S/c14-11-3-4-12(13(15)10(11)7-17)21(18,19)16-6-9-2-1-5-20-8-9/h3-4,9,16-17H,1-2,5-8H2. The number of aliphatic hydroxyl groups is 1. The second kappa shape index (κ2) is 7.26. The van der Waals surface area contributed by atoms with Crippen LogP contribution in [0.4, 0.5) is 0 Å². The summed E-state index contributed by atoms with van der Waals surface area (Å²) in [6.07, 6.45) is 1.86. The number of sulfonamides is 1. The van der Waals surface area contributed by atoms with Gasteiger partial charge in [-0.3, -0.25) is 0 Å². The van der Waals surface area contributed by atoms with Gasteiger partial charge in [0.05, 0.1) is 18.2 Å². The number of hydrogen-bond donors (Lipinski definition) is 2. The first-order chi connectivity index (χ1) is 9.95. The van der Waals surface area contributed by atoms with Gasteiger partial charge in [0.25, 0.3) is 0 Å². The second-order valence-corrected chi connectivity index (χ2v) is 7.45. The van der Waals surface area contributed by atoms with Crippen molar-refractivity contribution in [2.45, 2.75) is 24.3 Å². The number of ether oxygens (including phenoxy) is 1. The van der Waals surface area contributed by atoms with Gasteiger partial charge < -0.3 is 9.84 Å². The van der Waals surface area contributed by atoms with Crippen LogP contribution < -0.4 is 4.72 Å². The van der Waals surface area contributed by atoms with E-state index in [9.17, 15) is 13.5 Å². The number of halogens is 2. The Bertz CT molecular complexity index is 600. The zero-order valence-corrected chi connectivity index (χ0v) is 13.6. The zero-order valence-electron chi connectivity index (χ0n) is 11.3. The third kappa shape index (κ3) is 4.09. The summed E-state index contributed by atoms with van der Waals surface area (Å²) < 4.78 is 32.5. The first kappa shape index (κ1) is 17.0. The van der Waals surface area contributed by atoms with Gasteiger partial charge in [-0.25, -0.2) is 13.1 Å². The quantitative estimate of drug-likeness (QED) is 0.850. The van der Waals surface area contributed by atoms with Gasteiger partial charge in [-0.05, 0) is 30.9 Å². The van der Waals surface area contributed by atoms with E-state index in [2.05, 4.69) is 4.72 Å². The predicted octanol–water partition coefficient (Wildman–Crippen LogP) is 2.19. The Hall–Kier alpha value is -0.370. The molecule has 0 radical (unpaired) electrons. The highest BCUT2D eigenvalue weighted by molar-refractivity contribution is 7.89. The maximum Gasteiger partial charge on any atom is 0.242 e. The molecule has 0 aliphatic carbocycles. The molecule has 0 spiro atoms. The molecule has 1 aliphatic rings. The van der Waals surface area contributed by atoms with Crippen LogP contribution in [0.2, 0.25) is 10.0 Å². The van der Waals surface area contributed by atoms with E-state index in [4.69, 9.17) is 27.9 Å². The number of nitrogens with one attached hydrogen (secondary N) is 1. The van der Waals surface area contributed by atoms with Crippen LogP contribution in [-0.4, -0.2) is 33.3 Å². The molecule has 0 amide bonds. The molecule has 1 aromatic rings. The van der Waals surface area contributed by atoms with Crippen LogP contribution in [0.3, 0.4) is 0 Å². The summed E-state index contributed by atoms with van der Waals surface area (Å²) in [4.78, 5) is -0.0747. The molecule has 0 aromatic heterocycles. The zero-order chi connectivity index (χ0) is 15.5. The molecule has 0 bridgehead atoms. The van der Waals surface area contributed by atoms with E-state index in [0.717, 1.165) is 19.4 Å². The van der Waals surface area contributed by atoms with Crippen molar-refractivity contribution in [2.75, 3.05) is 19.8 Å². The van der Waals surface area contributed by atoms with Gasteiger partial charge in [0.15, 0.2) is 0 Å². The van der Waals surface area contributed by atoms with E-state index in [0.29, 0.717) is 13.2 Å².